The van der Waals surface area contributed by atoms with Crippen molar-refractivity contribution in [2.24, 2.45) is 0 Å². The number of nitrogens with zero attached hydrogens (tertiary/aromatic N) is 2. The zero-order chi connectivity index (χ0) is 25.0. The van der Waals surface area contributed by atoms with E-state index in [0.717, 1.165) is 14.8 Å². The van der Waals surface area contributed by atoms with Gasteiger partial charge < -0.3 is 9.47 Å². The van der Waals surface area contributed by atoms with E-state index in [9.17, 15) is 9.59 Å². The molecular formula is C23H27N3O4. The normalized spacial score (nSPS) is 17.4. The standard InChI is InChI=1S/C23H27N3O4/c1-16(15-20(21(29-3)30-4)18-11-7-5-8-12-18)17(2)26-23(28)25(22(27)24-26)19-13-9-6-10-14-19/h5-15,17,20-21H,1-4H3,(H,24,27)/b16-15+/i3D3/hD. The second-order valence-corrected chi connectivity index (χ2v) is 6.93. The molecular weight excluding hydrogens is 382 g/mol. The summed E-state index contributed by atoms with van der Waals surface area (Å²) in [5.74, 6) is -0.633. The molecule has 0 spiro atoms. The summed E-state index contributed by atoms with van der Waals surface area (Å²) in [6, 6.07) is 16.8. The van der Waals surface area contributed by atoms with Gasteiger partial charge >= 0.3 is 11.4 Å². The zero-order valence-corrected chi connectivity index (χ0v) is 17.1. The quantitative estimate of drug-likeness (QED) is 0.454. The second-order valence-electron chi connectivity index (χ2n) is 6.93. The van der Waals surface area contributed by atoms with Gasteiger partial charge in [-0.1, -0.05) is 60.2 Å². The van der Waals surface area contributed by atoms with Crippen LogP contribution in [0.1, 0.15) is 35.5 Å². The van der Waals surface area contributed by atoms with Crippen LogP contribution in [0.2, 0.25) is 1.41 Å². The minimum Gasteiger partial charge on any atom is -0.355 e. The summed E-state index contributed by atoms with van der Waals surface area (Å²) in [5, 5.41) is 0.529. The molecule has 0 aliphatic carbocycles. The van der Waals surface area contributed by atoms with Crippen LogP contribution in [-0.2, 0) is 9.47 Å². The highest BCUT2D eigenvalue weighted by Gasteiger charge is 2.23. The first-order valence-electron chi connectivity index (χ1n) is 11.4. The first-order chi connectivity index (χ1) is 16.0. The van der Waals surface area contributed by atoms with Gasteiger partial charge in [0.25, 0.3) is 0 Å². The lowest BCUT2D eigenvalue weighted by atomic mass is 9.94. The Bertz CT molecular complexity index is 1250. The molecule has 1 heterocycles. The number of para-hydroxylation sites is 1. The number of hydrogen-bond acceptors (Lipinski definition) is 4. The lowest BCUT2D eigenvalue weighted by Gasteiger charge is -2.24. The predicted molar refractivity (Wildman–Crippen MR) is 116 cm³/mol. The van der Waals surface area contributed by atoms with E-state index in [2.05, 4.69) is 0 Å². The first kappa shape index (κ1) is 16.6. The number of allylic oxidation sites excluding steroid dienone is 1. The molecule has 3 unspecified atom stereocenters. The van der Waals surface area contributed by atoms with Crippen molar-refractivity contribution in [3.05, 3.63) is 98.8 Å². The number of nitrogens with one attached hydrogen (secondary N) is 1. The molecule has 3 rings (SSSR count). The van der Waals surface area contributed by atoms with Gasteiger partial charge in [-0.15, -0.1) is 0 Å². The van der Waals surface area contributed by atoms with E-state index in [4.69, 9.17) is 15.0 Å². The maximum absolute atomic E-state index is 13.1. The fourth-order valence-electron chi connectivity index (χ4n) is 3.30. The van der Waals surface area contributed by atoms with Crippen molar-refractivity contribution in [2.75, 3.05) is 14.1 Å². The number of benzene rings is 2. The highest BCUT2D eigenvalue weighted by molar-refractivity contribution is 5.31. The number of methoxy groups -OCH3 is 2. The maximum atomic E-state index is 13.1. The Labute approximate surface area is 180 Å². The third-order valence-corrected chi connectivity index (χ3v) is 5.08. The third-order valence-electron chi connectivity index (χ3n) is 5.08. The molecule has 158 valence electrons. The van der Waals surface area contributed by atoms with Crippen LogP contribution in [-0.4, -0.2) is 34.8 Å². The molecule has 3 atom stereocenters. The molecule has 0 aliphatic heterocycles. The molecule has 1 N–H and O–H groups in total. The first-order valence-corrected chi connectivity index (χ1v) is 9.50. The van der Waals surface area contributed by atoms with E-state index < -0.39 is 36.7 Å². The smallest absolute Gasteiger partial charge is 0.352 e. The molecule has 30 heavy (non-hydrogen) atoms. The van der Waals surface area contributed by atoms with Gasteiger partial charge in [-0.05, 0) is 31.5 Å². The maximum Gasteiger partial charge on any atom is 0.352 e. The average Bonchev–Trinajstić information content (AvgIpc) is 3.03. The van der Waals surface area contributed by atoms with Gasteiger partial charge in [0, 0.05) is 14.1 Å². The molecule has 1 aromatic heterocycles. The third kappa shape index (κ3) is 4.37. The molecule has 0 saturated heterocycles. The van der Waals surface area contributed by atoms with Crippen molar-refractivity contribution < 1.29 is 15.0 Å². The van der Waals surface area contributed by atoms with Gasteiger partial charge in [-0.25, -0.2) is 23.9 Å². The molecule has 0 aliphatic rings. The minimum atomic E-state index is -2.69. The fourth-order valence-corrected chi connectivity index (χ4v) is 3.30. The van der Waals surface area contributed by atoms with Crippen LogP contribution in [0, 0.1) is 0 Å². The summed E-state index contributed by atoms with van der Waals surface area (Å²) >= 11 is 0. The van der Waals surface area contributed by atoms with Crippen LogP contribution in [0.15, 0.2) is 81.9 Å². The van der Waals surface area contributed by atoms with Crippen LogP contribution < -0.4 is 11.4 Å². The molecule has 7 heteroatoms. The molecule has 0 bridgehead atoms. The van der Waals surface area contributed by atoms with Crippen LogP contribution >= 0.6 is 0 Å². The van der Waals surface area contributed by atoms with Gasteiger partial charge in [0.05, 0.1) is 21.8 Å². The Morgan fingerprint density at radius 3 is 2.33 bits per heavy atom. The zero-order valence-electron chi connectivity index (χ0n) is 21.1. The number of hydrogen-bond donors (Lipinski definition) is 1. The molecule has 0 fully saturated rings. The Morgan fingerprint density at radius 2 is 1.73 bits per heavy atom. The van der Waals surface area contributed by atoms with Crippen molar-refractivity contribution in [1.29, 1.82) is 0 Å². The summed E-state index contributed by atoms with van der Waals surface area (Å²) in [6.45, 7) is 3.42. The van der Waals surface area contributed by atoms with Crippen molar-refractivity contribution in [1.82, 2.24) is 14.3 Å². The molecule has 7 nitrogen and oxygen atoms in total. The Morgan fingerprint density at radius 1 is 1.10 bits per heavy atom. The second kappa shape index (κ2) is 9.56. The van der Waals surface area contributed by atoms with Crippen LogP contribution in [0.5, 0.6) is 0 Å². The summed E-state index contributed by atoms with van der Waals surface area (Å²) in [5.41, 5.74) is 0.250. The van der Waals surface area contributed by atoms with E-state index >= 15 is 0 Å². The monoisotopic (exact) mass is 413 g/mol. The van der Waals surface area contributed by atoms with Crippen LogP contribution in [0.25, 0.3) is 5.69 Å². The molecule has 0 radical (unpaired) electrons. The van der Waals surface area contributed by atoms with Gasteiger partial charge in [-0.2, -0.15) is 0 Å². The molecule has 0 saturated carbocycles. The lowest BCUT2D eigenvalue weighted by Crippen LogP contribution is -2.29. The Balaban J connectivity index is 2.06. The number of aromatic nitrogens is 3. The fraction of sp³-hybridized carbons (Fsp3) is 0.304. The SMILES string of the molecule is [2H]n1c(=O)n(-c2ccccc2)c(=O)n1C(C)/C(C)=C/C(c1ccccc1)C(OC)OC([2H])([2H])[2H]. The highest BCUT2D eigenvalue weighted by Crippen LogP contribution is 2.27. The van der Waals surface area contributed by atoms with Gasteiger partial charge in [0.15, 0.2) is 7.70 Å². The van der Waals surface area contributed by atoms with Gasteiger partial charge in [-0.3, -0.25) is 0 Å². The van der Waals surface area contributed by atoms with E-state index in [-0.39, 0.29) is 0 Å². The van der Waals surface area contributed by atoms with E-state index in [0.29, 0.717) is 16.4 Å². The van der Waals surface area contributed by atoms with Crippen molar-refractivity contribution >= 4 is 0 Å². The van der Waals surface area contributed by atoms with E-state index in [1.807, 2.05) is 30.3 Å². The molecule has 0 amide bonds. The number of aromatic amines is 1. The minimum absolute atomic E-state index is 0.360. The molecule has 3 aromatic rings. The average molecular weight is 414 g/mol. The number of rotatable bonds is 8. The predicted octanol–water partition coefficient (Wildman–Crippen LogP) is 3.24. The van der Waals surface area contributed by atoms with Gasteiger partial charge in [0.1, 0.15) is 0 Å². The van der Waals surface area contributed by atoms with E-state index in [1.165, 1.54) is 7.11 Å². The number of ether oxygens (including phenoxy) is 2. The summed E-state index contributed by atoms with van der Waals surface area (Å²) in [4.78, 5) is 25.8. The van der Waals surface area contributed by atoms with Crippen LogP contribution in [0.3, 0.4) is 0 Å². The largest absolute Gasteiger partial charge is 0.355 e. The van der Waals surface area contributed by atoms with Gasteiger partial charge in [0.2, 0.25) is 0 Å². The lowest BCUT2D eigenvalue weighted by molar-refractivity contribution is -0.110. The topological polar surface area (TPSA) is 78.2 Å². The number of H-pyrrole nitrogens is 1. The summed E-state index contributed by atoms with van der Waals surface area (Å²) in [6.07, 6.45) is 0.595. The van der Waals surface area contributed by atoms with Crippen molar-refractivity contribution in [2.45, 2.75) is 32.1 Å². The van der Waals surface area contributed by atoms with Crippen molar-refractivity contribution in [3.8, 4) is 5.69 Å². The highest BCUT2D eigenvalue weighted by atomic mass is 16.7. The van der Waals surface area contributed by atoms with Crippen molar-refractivity contribution in [3.63, 3.8) is 0 Å². The van der Waals surface area contributed by atoms with Crippen LogP contribution in [0.4, 0.5) is 0 Å². The summed E-state index contributed by atoms with van der Waals surface area (Å²) in [7, 11) is -1.34. The Kier molecular flexibility index (Phi) is 5.29. The van der Waals surface area contributed by atoms with E-state index in [1.54, 1.807) is 50.3 Å². The Hall–Kier alpha value is -3.16. The summed E-state index contributed by atoms with van der Waals surface area (Å²) < 4.78 is 43.2. The molecule has 2 aromatic carbocycles.